The smallest absolute Gasteiger partial charge is 0.215 e. The van der Waals surface area contributed by atoms with Crippen LogP contribution in [0, 0.1) is 0 Å². The van der Waals surface area contributed by atoms with Crippen molar-refractivity contribution in [1.82, 2.24) is 4.57 Å². The molecule has 1 aliphatic heterocycles. The highest BCUT2D eigenvalue weighted by Gasteiger charge is 2.43. The Balaban J connectivity index is 1.40. The van der Waals surface area contributed by atoms with Crippen LogP contribution in [-0.2, 0) is 12.0 Å². The molecule has 208 valence electrons. The average Bonchev–Trinajstić information content (AvgIpc) is 3.41. The monoisotopic (exact) mass is 555 g/mol. The van der Waals surface area contributed by atoms with E-state index in [4.69, 9.17) is 0 Å². The fourth-order valence-electron chi connectivity index (χ4n) is 7.38. The molecule has 5 aromatic carbocycles. The molecule has 1 aliphatic rings. The third-order valence-corrected chi connectivity index (χ3v) is 9.82. The summed E-state index contributed by atoms with van der Waals surface area (Å²) in [4.78, 5) is 0. The number of pyridine rings is 1. The Bertz CT molecular complexity index is 2020. The van der Waals surface area contributed by atoms with Gasteiger partial charge in [-0.25, -0.2) is 0 Å². The molecule has 43 heavy (non-hydrogen) atoms. The summed E-state index contributed by atoms with van der Waals surface area (Å²) in [6, 6.07) is 49.1. The first-order chi connectivity index (χ1) is 21.2. The maximum atomic E-state index is 2.56. The molecular formula is C41H35N2+. The zero-order chi connectivity index (χ0) is 29.0. The summed E-state index contributed by atoms with van der Waals surface area (Å²) in [5, 5.41) is 2.55. The van der Waals surface area contributed by atoms with Crippen molar-refractivity contribution in [2.75, 3.05) is 0 Å². The second-order valence-electron chi connectivity index (χ2n) is 11.9. The molecule has 2 nitrogen and oxygen atoms in total. The molecule has 2 heteroatoms. The van der Waals surface area contributed by atoms with Gasteiger partial charge in [-0.3, -0.25) is 0 Å². The third kappa shape index (κ3) is 4.05. The lowest BCUT2D eigenvalue weighted by Gasteiger charge is -2.33. The number of aromatic nitrogens is 2. The average molecular weight is 556 g/mol. The van der Waals surface area contributed by atoms with Gasteiger partial charge in [0, 0.05) is 47.7 Å². The summed E-state index contributed by atoms with van der Waals surface area (Å²) in [5.74, 6) is 0. The van der Waals surface area contributed by atoms with Crippen molar-refractivity contribution < 1.29 is 4.57 Å². The number of hydrogen-bond acceptors (Lipinski definition) is 0. The fraction of sp³-hybridized carbons (Fsp3) is 0.146. The molecule has 0 fully saturated rings. The number of nitrogens with zero attached hydrogens (tertiary/aromatic N) is 2. The van der Waals surface area contributed by atoms with Crippen LogP contribution in [0.3, 0.4) is 0 Å². The summed E-state index contributed by atoms with van der Waals surface area (Å²) in [5.41, 5.74) is 12.8. The Morgan fingerprint density at radius 3 is 1.72 bits per heavy atom. The van der Waals surface area contributed by atoms with E-state index in [-0.39, 0.29) is 5.54 Å². The highest BCUT2D eigenvalue weighted by molar-refractivity contribution is 6.11. The topological polar surface area (TPSA) is 8.81 Å². The molecule has 0 N–H and O–H groups in total. The summed E-state index contributed by atoms with van der Waals surface area (Å²) in [6.45, 7) is 4.67. The van der Waals surface area contributed by atoms with Gasteiger partial charge in [0.05, 0.1) is 16.7 Å². The molecule has 0 aliphatic carbocycles. The molecular weight excluding hydrogens is 520 g/mol. The van der Waals surface area contributed by atoms with Gasteiger partial charge in [0.1, 0.15) is 0 Å². The molecule has 0 saturated carbocycles. The van der Waals surface area contributed by atoms with E-state index in [2.05, 4.69) is 163 Å². The molecule has 0 amide bonds. The second-order valence-corrected chi connectivity index (χ2v) is 11.9. The normalized spacial score (nSPS) is 13.6. The van der Waals surface area contributed by atoms with Gasteiger partial charge in [-0.1, -0.05) is 105 Å². The van der Waals surface area contributed by atoms with Crippen LogP contribution in [-0.4, -0.2) is 4.57 Å². The van der Waals surface area contributed by atoms with Gasteiger partial charge in [0.25, 0.3) is 0 Å². The third-order valence-electron chi connectivity index (χ3n) is 9.82. The first-order valence-corrected chi connectivity index (χ1v) is 15.5. The molecule has 7 aromatic rings. The van der Waals surface area contributed by atoms with Gasteiger partial charge >= 0.3 is 0 Å². The van der Waals surface area contributed by atoms with Gasteiger partial charge in [-0.05, 0) is 58.1 Å². The van der Waals surface area contributed by atoms with Crippen LogP contribution < -0.4 is 4.57 Å². The first kappa shape index (κ1) is 25.7. The van der Waals surface area contributed by atoms with Crippen molar-refractivity contribution in [3.8, 4) is 39.2 Å². The SMILES string of the molecule is CCC1(CC)Cc2ccccc2-c2cc(-n3c4ccc(-c5ccccc5)cc4c4cc(-c5ccccc5)ccc43)cc[n+]21. The zero-order valence-corrected chi connectivity index (χ0v) is 24.8. The minimum atomic E-state index is 0.0954. The molecule has 0 spiro atoms. The Kier molecular flexibility index (Phi) is 6.04. The molecule has 0 saturated heterocycles. The van der Waals surface area contributed by atoms with Crippen LogP contribution in [0.15, 0.2) is 140 Å². The van der Waals surface area contributed by atoms with Gasteiger partial charge in [-0.15, -0.1) is 0 Å². The van der Waals surface area contributed by atoms with Crippen LogP contribution in [0.2, 0.25) is 0 Å². The van der Waals surface area contributed by atoms with E-state index in [1.54, 1.807) is 0 Å². The summed E-state index contributed by atoms with van der Waals surface area (Å²) >= 11 is 0. The van der Waals surface area contributed by atoms with E-state index in [1.807, 2.05) is 0 Å². The Morgan fingerprint density at radius 1 is 0.581 bits per heavy atom. The summed E-state index contributed by atoms with van der Waals surface area (Å²) in [6.07, 6.45) is 5.64. The number of rotatable bonds is 5. The van der Waals surface area contributed by atoms with E-state index in [9.17, 15) is 0 Å². The second kappa shape index (κ2) is 10.1. The minimum Gasteiger partial charge on any atom is -0.309 e. The van der Waals surface area contributed by atoms with Gasteiger partial charge in [-0.2, -0.15) is 4.57 Å². The molecule has 2 aromatic heterocycles. The van der Waals surface area contributed by atoms with Gasteiger partial charge in [0.2, 0.25) is 5.69 Å². The molecule has 3 heterocycles. The van der Waals surface area contributed by atoms with E-state index >= 15 is 0 Å². The van der Waals surface area contributed by atoms with Crippen LogP contribution >= 0.6 is 0 Å². The predicted molar refractivity (Wildman–Crippen MR) is 180 cm³/mol. The Morgan fingerprint density at radius 2 is 1.14 bits per heavy atom. The van der Waals surface area contributed by atoms with Crippen molar-refractivity contribution >= 4 is 21.8 Å². The van der Waals surface area contributed by atoms with Crippen LogP contribution in [0.4, 0.5) is 0 Å². The molecule has 0 radical (unpaired) electrons. The van der Waals surface area contributed by atoms with Crippen LogP contribution in [0.1, 0.15) is 32.3 Å². The molecule has 0 unspecified atom stereocenters. The van der Waals surface area contributed by atoms with Crippen molar-refractivity contribution in [3.63, 3.8) is 0 Å². The zero-order valence-electron chi connectivity index (χ0n) is 24.8. The summed E-state index contributed by atoms with van der Waals surface area (Å²) in [7, 11) is 0. The van der Waals surface area contributed by atoms with E-state index in [0.29, 0.717) is 0 Å². The fourth-order valence-corrected chi connectivity index (χ4v) is 7.38. The van der Waals surface area contributed by atoms with E-state index < -0.39 is 0 Å². The van der Waals surface area contributed by atoms with Crippen LogP contribution in [0.5, 0.6) is 0 Å². The molecule has 0 atom stereocenters. The summed E-state index contributed by atoms with van der Waals surface area (Å²) < 4.78 is 5.03. The minimum absolute atomic E-state index is 0.0954. The Hall–Kier alpha value is -4.95. The lowest BCUT2D eigenvalue weighted by atomic mass is 9.79. The predicted octanol–water partition coefficient (Wildman–Crippen LogP) is 10.1. The number of hydrogen-bond donors (Lipinski definition) is 0. The van der Waals surface area contributed by atoms with Crippen LogP contribution in [0.25, 0.3) is 61.0 Å². The number of benzene rings is 5. The maximum Gasteiger partial charge on any atom is 0.215 e. The largest absolute Gasteiger partial charge is 0.309 e. The van der Waals surface area contributed by atoms with Gasteiger partial charge in [0.15, 0.2) is 11.7 Å². The Labute approximate surface area is 253 Å². The highest BCUT2D eigenvalue weighted by atomic mass is 15.1. The molecule has 0 bridgehead atoms. The van der Waals surface area contributed by atoms with Crippen molar-refractivity contribution in [2.45, 2.75) is 38.6 Å². The van der Waals surface area contributed by atoms with Gasteiger partial charge < -0.3 is 4.57 Å². The lowest BCUT2D eigenvalue weighted by Crippen LogP contribution is -2.60. The van der Waals surface area contributed by atoms with Crippen molar-refractivity contribution in [1.29, 1.82) is 0 Å². The van der Waals surface area contributed by atoms with Crippen molar-refractivity contribution in [3.05, 3.63) is 145 Å². The number of fused-ring (bicyclic) bond motifs is 6. The van der Waals surface area contributed by atoms with E-state index in [0.717, 1.165) is 19.3 Å². The van der Waals surface area contributed by atoms with E-state index in [1.165, 1.54) is 66.6 Å². The maximum absolute atomic E-state index is 2.56. The molecule has 8 rings (SSSR count). The van der Waals surface area contributed by atoms with Crippen molar-refractivity contribution in [2.24, 2.45) is 0 Å². The quantitative estimate of drug-likeness (QED) is 0.187. The lowest BCUT2D eigenvalue weighted by molar-refractivity contribution is -0.758. The first-order valence-electron chi connectivity index (χ1n) is 15.5. The standard InChI is InChI=1S/C41H35N2/c1-3-41(4-2)28-33-17-11-12-18-35(33)40-27-34(23-24-42(40)41)43-38-21-19-31(29-13-7-5-8-14-29)25-36(38)37-26-32(20-22-39(37)43)30-15-9-6-10-16-30/h5-27H,3-4,28H2,1-2H3/q+1. The highest BCUT2D eigenvalue weighted by Crippen LogP contribution is 2.40.